The van der Waals surface area contributed by atoms with E-state index in [2.05, 4.69) is 10.7 Å². The Morgan fingerprint density at radius 3 is 1.46 bits per heavy atom. The van der Waals surface area contributed by atoms with Gasteiger partial charge in [-0.2, -0.15) is 8.42 Å². The van der Waals surface area contributed by atoms with E-state index in [1.165, 1.54) is 0 Å². The molecule has 0 bridgehead atoms. The Labute approximate surface area is 96.4 Å². The van der Waals surface area contributed by atoms with Crippen molar-refractivity contribution in [3.05, 3.63) is 0 Å². The summed E-state index contributed by atoms with van der Waals surface area (Å²) in [5.41, 5.74) is 0. The van der Waals surface area contributed by atoms with Crippen LogP contribution in [0.5, 0.6) is 0 Å². The summed E-state index contributed by atoms with van der Waals surface area (Å²) in [6, 6.07) is 0. The minimum Gasteiger partial charge on any atom is -0.280 e. The van der Waals surface area contributed by atoms with E-state index in [1.807, 2.05) is 6.92 Å². The van der Waals surface area contributed by atoms with Gasteiger partial charge in [-0.1, -0.05) is 6.92 Å². The third-order valence-electron chi connectivity index (χ3n) is 0.105. The van der Waals surface area contributed by atoms with E-state index in [0.717, 1.165) is 5.88 Å². The first kappa shape index (κ1) is 19.3. The van der Waals surface area contributed by atoms with Gasteiger partial charge in [0.05, 0.1) is 5.88 Å². The van der Waals surface area contributed by atoms with Gasteiger partial charge in [0.25, 0.3) is 0 Å². The molecule has 0 aliphatic carbocycles. The monoisotopic (exact) mass is 292 g/mol. The van der Waals surface area contributed by atoms with Gasteiger partial charge in [-0.3, -0.25) is 9.35 Å². The van der Waals surface area contributed by atoms with Crippen molar-refractivity contribution in [1.82, 2.24) is 0 Å². The van der Waals surface area contributed by atoms with E-state index in [9.17, 15) is 4.79 Å². The molecule has 0 amide bonds. The molecule has 0 radical (unpaired) electrons. The van der Waals surface area contributed by atoms with Crippen LogP contribution in [0.25, 0.3) is 0 Å². The van der Waals surface area contributed by atoms with Crippen LogP contribution in [0.3, 0.4) is 0 Å². The number of carbonyl (C=O) groups excluding carboxylic acids is 1. The van der Waals surface area contributed by atoms with Crippen LogP contribution in [0.15, 0.2) is 0 Å². The van der Waals surface area contributed by atoms with Gasteiger partial charge in [0.2, 0.25) is 5.24 Å². The Bertz CT molecular complexity index is 194. The lowest BCUT2D eigenvalue weighted by atomic mass is 10.9. The lowest BCUT2D eigenvalue weighted by Gasteiger charge is -1.65. The molecule has 0 aromatic rings. The highest BCUT2D eigenvalue weighted by atomic mass is 35.7. The van der Waals surface area contributed by atoms with Crippen LogP contribution in [0.1, 0.15) is 6.92 Å². The molecule has 4 nitrogen and oxygen atoms in total. The molecule has 9 heteroatoms. The highest BCUT2D eigenvalue weighted by Gasteiger charge is 1.86. The van der Waals surface area contributed by atoms with E-state index >= 15 is 0 Å². The van der Waals surface area contributed by atoms with E-state index in [1.54, 1.807) is 0 Å². The number of halogens is 4. The van der Waals surface area contributed by atoms with Crippen molar-refractivity contribution >= 4 is 60.1 Å². The van der Waals surface area contributed by atoms with Crippen LogP contribution in [-0.4, -0.2) is 30.0 Å². The van der Waals surface area contributed by atoms with Crippen LogP contribution in [0, 0.1) is 0 Å². The molecule has 0 spiro atoms. The summed E-state index contributed by atoms with van der Waals surface area (Å²) in [6.07, 6.45) is 0. The van der Waals surface area contributed by atoms with Crippen molar-refractivity contribution in [2.45, 2.75) is 6.92 Å². The fraction of sp³-hybridized carbons (Fsp3) is 0.750. The third kappa shape index (κ3) is 196. The summed E-state index contributed by atoms with van der Waals surface area (Å²) < 4.78 is 25.2. The smallest absolute Gasteiger partial charge is 0.280 e. The van der Waals surface area contributed by atoms with E-state index in [4.69, 9.17) is 47.8 Å². The Kier molecular flexibility index (Phi) is 18.9. The quantitative estimate of drug-likeness (QED) is 0.457. The minimum absolute atomic E-state index is 0.0957. The molecule has 0 aromatic heterocycles. The van der Waals surface area contributed by atoms with Crippen LogP contribution >= 0.6 is 45.5 Å². The van der Waals surface area contributed by atoms with Gasteiger partial charge < -0.3 is 0 Å². The third-order valence-corrected chi connectivity index (χ3v) is 0.618. The molecule has 0 saturated carbocycles. The van der Waals surface area contributed by atoms with Gasteiger partial charge in [-0.15, -0.1) is 23.2 Å². The maximum absolute atomic E-state index is 9.45. The molecule has 13 heavy (non-hydrogen) atoms. The van der Waals surface area contributed by atoms with Crippen molar-refractivity contribution in [3.8, 4) is 0 Å². The highest BCUT2D eigenvalue weighted by molar-refractivity contribution is 8.09. The maximum atomic E-state index is 9.45. The lowest BCUT2D eigenvalue weighted by molar-refractivity contribution is -0.109. The predicted octanol–water partition coefficient (Wildman–Crippen LogP) is 2.26. The second-order valence-electron chi connectivity index (χ2n) is 1.17. The Morgan fingerprint density at radius 2 is 1.46 bits per heavy atom. The van der Waals surface area contributed by atoms with Crippen LogP contribution in [0.2, 0.25) is 0 Å². The summed E-state index contributed by atoms with van der Waals surface area (Å²) in [6.45, 7) is 1.89. The van der Waals surface area contributed by atoms with Gasteiger partial charge in [0, 0.05) is 16.6 Å². The number of hydrogen-bond donors (Lipinski definition) is 1. The molecule has 0 aliphatic rings. The zero-order valence-corrected chi connectivity index (χ0v) is 10.3. The molecular weight excluding hydrogens is 286 g/mol. The van der Waals surface area contributed by atoms with Crippen LogP contribution in [-0.2, 0) is 14.1 Å². The number of hydrogen-bond acceptors (Lipinski definition) is 3. The molecule has 0 fully saturated rings. The molecular formula is C4H8Cl4O4S. The highest BCUT2D eigenvalue weighted by Crippen LogP contribution is 1.82. The van der Waals surface area contributed by atoms with E-state index in [-0.39, 0.29) is 5.88 Å². The van der Waals surface area contributed by atoms with Crippen LogP contribution in [0.4, 0.5) is 0 Å². The first-order chi connectivity index (χ1) is 5.68. The summed E-state index contributed by atoms with van der Waals surface area (Å²) in [4.78, 5) is 9.45. The lowest BCUT2D eigenvalue weighted by Crippen LogP contribution is -1.81. The van der Waals surface area contributed by atoms with Crippen molar-refractivity contribution in [2.24, 2.45) is 0 Å². The summed E-state index contributed by atoms with van der Waals surface area (Å²) >= 11 is 14.5. The van der Waals surface area contributed by atoms with E-state index < -0.39 is 14.6 Å². The van der Waals surface area contributed by atoms with Gasteiger partial charge in [-0.25, -0.2) is 0 Å². The summed E-state index contributed by atoms with van der Waals surface area (Å²) in [5.74, 6) is 0.627. The fourth-order valence-electron chi connectivity index (χ4n) is 0. The molecule has 0 aromatic carbocycles. The molecule has 0 atom stereocenters. The number of rotatable bonds is 1. The second-order valence-corrected chi connectivity index (χ2v) is 4.39. The normalized spacial score (nSPS) is 8.77. The Balaban J connectivity index is -0.000000120. The SMILES string of the molecule is CCCl.O=C(Cl)CCl.O=S(=O)(O)Cl. The molecule has 1 N–H and O–H groups in total. The van der Waals surface area contributed by atoms with Crippen molar-refractivity contribution < 1.29 is 17.8 Å². The fourth-order valence-corrected chi connectivity index (χ4v) is 0. The zero-order valence-electron chi connectivity index (χ0n) is 6.51. The van der Waals surface area contributed by atoms with Crippen molar-refractivity contribution in [1.29, 1.82) is 0 Å². The largest absolute Gasteiger partial charge is 0.353 e. The molecule has 0 unspecified atom stereocenters. The van der Waals surface area contributed by atoms with Gasteiger partial charge in [0.1, 0.15) is 0 Å². The number of carbonyl (C=O) groups is 1. The summed E-state index contributed by atoms with van der Waals surface area (Å²) in [5, 5.41) is -0.508. The number of alkyl halides is 2. The van der Waals surface area contributed by atoms with Crippen molar-refractivity contribution in [3.63, 3.8) is 0 Å². The molecule has 0 aliphatic heterocycles. The van der Waals surface area contributed by atoms with E-state index in [0.29, 0.717) is 0 Å². The first-order valence-corrected chi connectivity index (χ1v) is 6.37. The van der Waals surface area contributed by atoms with Crippen molar-refractivity contribution in [2.75, 3.05) is 11.8 Å². The molecule has 82 valence electrons. The van der Waals surface area contributed by atoms with Crippen LogP contribution < -0.4 is 0 Å². The second kappa shape index (κ2) is 12.7. The summed E-state index contributed by atoms with van der Waals surface area (Å²) in [7, 11) is -0.137. The molecule has 0 saturated heterocycles. The average molecular weight is 294 g/mol. The standard InChI is InChI=1S/C2H2Cl2O.C2H5Cl.ClHO3S/c3-1-2(4)5;1-2-3;1-5(2,3)4/h1H2;2H2,1H3;(H,2,3,4). The van der Waals surface area contributed by atoms with Gasteiger partial charge in [0.15, 0.2) is 0 Å². The Hall–Kier alpha value is 0.740. The molecule has 0 rings (SSSR count). The zero-order chi connectivity index (χ0) is 11.5. The maximum Gasteiger partial charge on any atom is 0.353 e. The minimum atomic E-state index is -4.19. The predicted molar refractivity (Wildman–Crippen MR) is 55.4 cm³/mol. The van der Waals surface area contributed by atoms with Gasteiger partial charge >= 0.3 is 9.33 Å². The Morgan fingerprint density at radius 1 is 1.38 bits per heavy atom. The average Bonchev–Trinajstić information content (AvgIpc) is 1.85. The molecule has 0 heterocycles. The topological polar surface area (TPSA) is 71.4 Å². The van der Waals surface area contributed by atoms with Gasteiger partial charge in [-0.05, 0) is 11.6 Å². The first-order valence-electron chi connectivity index (χ1n) is 2.66.